The number of nitrogens with zero attached hydrogens (tertiary/aromatic N) is 5. The molecule has 11 heteroatoms. The lowest BCUT2D eigenvalue weighted by Gasteiger charge is -2.27. The van der Waals surface area contributed by atoms with E-state index in [1.165, 1.54) is 0 Å². The molecule has 0 atom stereocenters. The van der Waals surface area contributed by atoms with Crippen LogP contribution in [0.1, 0.15) is 11.1 Å². The van der Waals surface area contributed by atoms with Gasteiger partial charge in [0.25, 0.3) is 0 Å². The molecule has 2 N–H and O–H groups in total. The van der Waals surface area contributed by atoms with Crippen molar-refractivity contribution < 1.29 is 9.47 Å². The number of para-hydroxylation sites is 1. The van der Waals surface area contributed by atoms with Crippen LogP contribution < -0.4 is 20.4 Å². The Morgan fingerprint density at radius 3 is 2.55 bits per heavy atom. The van der Waals surface area contributed by atoms with Crippen LogP contribution in [-0.4, -0.2) is 47.5 Å². The maximum atomic E-state index is 6.28. The number of ether oxygens (including phenoxy) is 2. The van der Waals surface area contributed by atoms with Gasteiger partial charge in [0, 0.05) is 39.4 Å². The van der Waals surface area contributed by atoms with Crippen molar-refractivity contribution >= 4 is 57.3 Å². The number of benzene rings is 3. The van der Waals surface area contributed by atoms with E-state index in [0.29, 0.717) is 61.5 Å². The van der Waals surface area contributed by atoms with Gasteiger partial charge in [-0.05, 0) is 36.4 Å². The summed E-state index contributed by atoms with van der Waals surface area (Å²) in [5.74, 6) is 1.93. The predicted octanol–water partition coefficient (Wildman–Crippen LogP) is 5.89. The van der Waals surface area contributed by atoms with E-state index in [0.717, 1.165) is 21.3 Å². The predicted molar refractivity (Wildman–Crippen MR) is 154 cm³/mol. The molecule has 1 saturated heterocycles. The summed E-state index contributed by atoms with van der Waals surface area (Å²) in [5, 5.41) is 8.29. The van der Waals surface area contributed by atoms with Crippen molar-refractivity contribution in [3.05, 3.63) is 93.4 Å². The first kappa shape index (κ1) is 25.9. The Hall–Kier alpha value is -3.73. The molecule has 3 aromatic carbocycles. The van der Waals surface area contributed by atoms with E-state index in [-0.39, 0.29) is 0 Å². The number of hydrogen-bond acceptors (Lipinski definition) is 9. The zero-order chi connectivity index (χ0) is 26.2. The number of rotatable bonds is 9. The van der Waals surface area contributed by atoms with Crippen LogP contribution in [0.3, 0.4) is 0 Å². The Balaban J connectivity index is 1.35. The number of morpholine rings is 1. The molecule has 1 aromatic heterocycles. The third-order valence-electron chi connectivity index (χ3n) is 5.63. The minimum absolute atomic E-state index is 0.310. The Kier molecular flexibility index (Phi) is 8.64. The molecule has 0 unspecified atom stereocenters. The average Bonchev–Trinajstić information content (AvgIpc) is 2.94. The van der Waals surface area contributed by atoms with Crippen molar-refractivity contribution in [3.8, 4) is 5.75 Å². The van der Waals surface area contributed by atoms with Crippen LogP contribution in [0.15, 0.2) is 82.4 Å². The SMILES string of the molecule is Clc1ccccc1COc1ccc(Br)cc1C=NNc1nc(Nc2ccccc2)nc(N2CCOCC2)n1. The number of hydrazone groups is 1. The molecule has 1 aliphatic heterocycles. The van der Waals surface area contributed by atoms with E-state index in [4.69, 9.17) is 21.1 Å². The molecule has 0 saturated carbocycles. The first-order valence-electron chi connectivity index (χ1n) is 12.0. The summed E-state index contributed by atoms with van der Waals surface area (Å²) in [6, 6.07) is 23.0. The van der Waals surface area contributed by atoms with Gasteiger partial charge < -0.3 is 19.7 Å². The molecule has 1 fully saturated rings. The highest BCUT2D eigenvalue weighted by molar-refractivity contribution is 9.10. The van der Waals surface area contributed by atoms with Crippen LogP contribution in [0.25, 0.3) is 0 Å². The van der Waals surface area contributed by atoms with Crippen LogP contribution in [0.5, 0.6) is 5.75 Å². The molecule has 0 radical (unpaired) electrons. The summed E-state index contributed by atoms with van der Waals surface area (Å²) in [6.07, 6.45) is 1.66. The maximum Gasteiger partial charge on any atom is 0.250 e. The van der Waals surface area contributed by atoms with E-state index in [2.05, 4.69) is 51.6 Å². The molecule has 194 valence electrons. The Morgan fingerprint density at radius 2 is 1.74 bits per heavy atom. The molecule has 4 aromatic rings. The monoisotopic (exact) mass is 593 g/mol. The van der Waals surface area contributed by atoms with Gasteiger partial charge in [0.15, 0.2) is 0 Å². The van der Waals surface area contributed by atoms with Crippen LogP contribution in [-0.2, 0) is 11.3 Å². The molecule has 1 aliphatic rings. The summed E-state index contributed by atoms with van der Waals surface area (Å²) in [7, 11) is 0. The van der Waals surface area contributed by atoms with Crippen molar-refractivity contribution in [2.24, 2.45) is 5.10 Å². The Bertz CT molecular complexity index is 1400. The summed E-state index contributed by atoms with van der Waals surface area (Å²) in [5.41, 5.74) is 5.48. The topological polar surface area (TPSA) is 96.8 Å². The van der Waals surface area contributed by atoms with E-state index >= 15 is 0 Å². The average molecular weight is 595 g/mol. The van der Waals surface area contributed by atoms with Gasteiger partial charge in [0.05, 0.1) is 19.4 Å². The van der Waals surface area contributed by atoms with E-state index in [1.54, 1.807) is 6.21 Å². The molecule has 0 spiro atoms. The molecule has 0 aliphatic carbocycles. The second-order valence-corrected chi connectivity index (χ2v) is 9.63. The van der Waals surface area contributed by atoms with Crippen molar-refractivity contribution in [3.63, 3.8) is 0 Å². The fourth-order valence-corrected chi connectivity index (χ4v) is 4.28. The highest BCUT2D eigenvalue weighted by Crippen LogP contribution is 2.25. The fourth-order valence-electron chi connectivity index (χ4n) is 3.71. The molecule has 0 bridgehead atoms. The maximum absolute atomic E-state index is 6.28. The number of anilines is 4. The Labute approximate surface area is 234 Å². The smallest absolute Gasteiger partial charge is 0.250 e. The van der Waals surface area contributed by atoms with Crippen molar-refractivity contribution in [1.29, 1.82) is 0 Å². The van der Waals surface area contributed by atoms with Crippen molar-refractivity contribution in [1.82, 2.24) is 15.0 Å². The van der Waals surface area contributed by atoms with Gasteiger partial charge in [0.2, 0.25) is 17.8 Å². The number of halogens is 2. The second kappa shape index (κ2) is 12.7. The summed E-state index contributed by atoms with van der Waals surface area (Å²) in [4.78, 5) is 15.8. The molecule has 5 rings (SSSR count). The largest absolute Gasteiger partial charge is 0.488 e. The first-order chi connectivity index (χ1) is 18.6. The molecular formula is C27H25BrClN7O2. The lowest BCUT2D eigenvalue weighted by Crippen LogP contribution is -2.37. The Morgan fingerprint density at radius 1 is 0.974 bits per heavy atom. The zero-order valence-corrected chi connectivity index (χ0v) is 22.7. The van der Waals surface area contributed by atoms with Gasteiger partial charge in [-0.25, -0.2) is 5.43 Å². The minimum Gasteiger partial charge on any atom is -0.488 e. The van der Waals surface area contributed by atoms with Gasteiger partial charge in [-0.3, -0.25) is 0 Å². The normalized spacial score (nSPS) is 13.5. The number of hydrogen-bond donors (Lipinski definition) is 2. The zero-order valence-electron chi connectivity index (χ0n) is 20.3. The summed E-state index contributed by atoms with van der Waals surface area (Å²) in [6.45, 7) is 2.96. The first-order valence-corrected chi connectivity index (χ1v) is 13.2. The van der Waals surface area contributed by atoms with E-state index in [9.17, 15) is 0 Å². The third-order valence-corrected chi connectivity index (χ3v) is 6.49. The summed E-state index contributed by atoms with van der Waals surface area (Å²) < 4.78 is 12.4. The van der Waals surface area contributed by atoms with Crippen LogP contribution in [0.4, 0.5) is 23.5 Å². The van der Waals surface area contributed by atoms with Gasteiger partial charge in [-0.1, -0.05) is 63.9 Å². The lowest BCUT2D eigenvalue weighted by atomic mass is 10.2. The van der Waals surface area contributed by atoms with Crippen LogP contribution in [0, 0.1) is 0 Å². The van der Waals surface area contributed by atoms with E-state index < -0.39 is 0 Å². The highest BCUT2D eigenvalue weighted by Gasteiger charge is 2.17. The number of aromatic nitrogens is 3. The highest BCUT2D eigenvalue weighted by atomic mass is 79.9. The summed E-state index contributed by atoms with van der Waals surface area (Å²) >= 11 is 9.80. The molecule has 0 amide bonds. The van der Waals surface area contributed by atoms with Crippen molar-refractivity contribution in [2.75, 3.05) is 41.9 Å². The molecule has 38 heavy (non-hydrogen) atoms. The molecular weight excluding hydrogens is 570 g/mol. The quantitative estimate of drug-likeness (QED) is 0.183. The third kappa shape index (κ3) is 6.97. The fraction of sp³-hybridized carbons (Fsp3) is 0.185. The standard InChI is InChI=1S/C27H25BrClN7O2/c28-21-10-11-24(38-18-19-6-4-5-9-23(19)29)20(16-21)17-30-35-26-32-25(31-22-7-2-1-3-8-22)33-27(34-26)36-12-14-37-15-13-36/h1-11,16-17H,12-15,18H2,(H2,31,32,33,34,35). The molecule has 9 nitrogen and oxygen atoms in total. The molecule has 2 heterocycles. The van der Waals surface area contributed by atoms with Crippen molar-refractivity contribution in [2.45, 2.75) is 6.61 Å². The van der Waals surface area contributed by atoms with Gasteiger partial charge in [0.1, 0.15) is 12.4 Å². The van der Waals surface area contributed by atoms with Crippen LogP contribution in [0.2, 0.25) is 5.02 Å². The van der Waals surface area contributed by atoms with Crippen LogP contribution >= 0.6 is 27.5 Å². The van der Waals surface area contributed by atoms with Gasteiger partial charge >= 0.3 is 0 Å². The van der Waals surface area contributed by atoms with E-state index in [1.807, 2.05) is 72.8 Å². The minimum atomic E-state index is 0.310. The van der Waals surface area contributed by atoms with Gasteiger partial charge in [-0.2, -0.15) is 20.1 Å². The van der Waals surface area contributed by atoms with Gasteiger partial charge in [-0.15, -0.1) is 0 Å². The lowest BCUT2D eigenvalue weighted by molar-refractivity contribution is 0.122. The number of nitrogens with one attached hydrogen (secondary N) is 2. The second-order valence-electron chi connectivity index (χ2n) is 8.31.